The number of likely N-dealkylation sites (tertiary alicyclic amines) is 1. The number of carbonyl (C=O) groups excluding carboxylic acids is 3. The maximum atomic E-state index is 13.6. The van der Waals surface area contributed by atoms with Crippen LogP contribution >= 0.6 is 22.9 Å². The predicted octanol–water partition coefficient (Wildman–Crippen LogP) is 3.11. The van der Waals surface area contributed by atoms with Gasteiger partial charge in [-0.3, -0.25) is 19.4 Å². The molecule has 16 heteroatoms. The van der Waals surface area contributed by atoms with Gasteiger partial charge in [-0.05, 0) is 94.6 Å². The zero-order chi connectivity index (χ0) is 41.9. The molecule has 0 bridgehead atoms. The Balaban J connectivity index is 0.872. The van der Waals surface area contributed by atoms with Gasteiger partial charge in [0.05, 0.1) is 18.2 Å². The number of carbonyl (C=O) groups is 3. The smallest absolute Gasteiger partial charge is 0.484 e. The molecule has 0 saturated carbocycles. The number of ether oxygens (including phenoxy) is 1. The van der Waals surface area contributed by atoms with Gasteiger partial charge in [0, 0.05) is 62.4 Å². The number of aromatic nitrogens is 3. The van der Waals surface area contributed by atoms with Crippen molar-refractivity contribution in [2.75, 3.05) is 32.8 Å². The zero-order valence-corrected chi connectivity index (χ0v) is 35.3. The van der Waals surface area contributed by atoms with E-state index in [0.717, 1.165) is 57.7 Å². The number of halogens is 1. The van der Waals surface area contributed by atoms with Gasteiger partial charge in [-0.15, -0.1) is 21.5 Å². The average molecular weight is 850 g/mol. The molecule has 8 rings (SSSR count). The second-order valence-corrected chi connectivity index (χ2v) is 17.4. The summed E-state index contributed by atoms with van der Waals surface area (Å²) in [4.78, 5) is 46.8. The maximum Gasteiger partial charge on any atom is 0.499 e. The normalized spacial score (nSPS) is 21.2. The first-order valence-corrected chi connectivity index (χ1v) is 21.9. The Morgan fingerprint density at radius 3 is 2.63 bits per heavy atom. The number of hydrogen-bond acceptors (Lipinski definition) is 10. The molecule has 3 unspecified atom stereocenters. The summed E-state index contributed by atoms with van der Waals surface area (Å²) in [5.74, 6) is 2.34. The summed E-state index contributed by atoms with van der Waals surface area (Å²) in [7, 11) is -1.54. The first kappa shape index (κ1) is 41.6. The largest absolute Gasteiger partial charge is 0.499 e. The molecule has 60 heavy (non-hydrogen) atoms. The van der Waals surface area contributed by atoms with Crippen LogP contribution in [0.3, 0.4) is 0 Å². The number of piperidine rings is 1. The van der Waals surface area contributed by atoms with Gasteiger partial charge in [-0.2, -0.15) is 0 Å². The van der Waals surface area contributed by atoms with Crippen molar-refractivity contribution in [3.63, 3.8) is 0 Å². The minimum Gasteiger partial charge on any atom is -0.484 e. The van der Waals surface area contributed by atoms with Crippen LogP contribution < -0.4 is 25.2 Å². The number of thiophene rings is 1. The first-order chi connectivity index (χ1) is 29.1. The Morgan fingerprint density at radius 1 is 1.07 bits per heavy atom. The summed E-state index contributed by atoms with van der Waals surface area (Å²) in [5, 5.41) is 35.6. The predicted molar refractivity (Wildman–Crippen MR) is 233 cm³/mol. The van der Waals surface area contributed by atoms with E-state index in [1.807, 2.05) is 55.2 Å². The van der Waals surface area contributed by atoms with Crippen molar-refractivity contribution in [3.05, 3.63) is 110 Å². The zero-order valence-electron chi connectivity index (χ0n) is 33.8. The molecule has 13 nitrogen and oxygen atoms in total. The van der Waals surface area contributed by atoms with E-state index in [1.165, 1.54) is 11.3 Å². The van der Waals surface area contributed by atoms with Crippen LogP contribution in [0, 0.1) is 18.8 Å². The molecule has 4 heterocycles. The van der Waals surface area contributed by atoms with E-state index in [9.17, 15) is 24.4 Å². The Bertz CT molecular complexity index is 2440. The molecule has 3 aliphatic carbocycles. The van der Waals surface area contributed by atoms with Crippen LogP contribution in [0.15, 0.2) is 82.6 Å². The second kappa shape index (κ2) is 18.3. The number of aryl methyl sites for hydroxylation is 1. The summed E-state index contributed by atoms with van der Waals surface area (Å²) in [6, 6.07) is 8.44. The third kappa shape index (κ3) is 9.00. The Kier molecular flexibility index (Phi) is 12.7. The fourth-order valence-corrected chi connectivity index (χ4v) is 10.1. The Morgan fingerprint density at radius 2 is 1.87 bits per heavy atom. The molecule has 1 aromatic carbocycles. The molecule has 4 N–H and O–H groups in total. The minimum absolute atomic E-state index is 0.0512. The highest BCUT2D eigenvalue weighted by molar-refractivity contribution is 7.20. The highest BCUT2D eigenvalue weighted by Gasteiger charge is 2.36. The number of allylic oxidation sites excluding steroid dienone is 6. The average Bonchev–Trinajstić information content (AvgIpc) is 3.85. The number of aliphatic imine (C=N–C) groups is 1. The van der Waals surface area contributed by atoms with Crippen LogP contribution in [-0.4, -0.2) is 93.0 Å². The molecule has 3 aromatic rings. The van der Waals surface area contributed by atoms with Gasteiger partial charge in [-0.25, -0.2) is 0 Å². The van der Waals surface area contributed by atoms with E-state index in [-0.39, 0.29) is 36.8 Å². The quantitative estimate of drug-likeness (QED) is 0.202. The van der Waals surface area contributed by atoms with E-state index < -0.39 is 13.2 Å². The molecule has 1 fully saturated rings. The van der Waals surface area contributed by atoms with Crippen LogP contribution in [0.5, 0.6) is 0 Å². The SMILES string of the molecule is CCNC(=O)CC1N=C(c2ccc(Cl)cc2)C2=CC(OCC(=O)NCC3=CC=CC(C4CCN(C(=O)C5=c6cc(B(O)O)sc6=CCC5)CC4)C3)=CCC2n2c(C)nnc21. The summed E-state index contributed by atoms with van der Waals surface area (Å²) < 4.78 is 9.58. The van der Waals surface area contributed by atoms with E-state index in [1.54, 1.807) is 6.07 Å². The molecule has 0 radical (unpaired) electrons. The van der Waals surface area contributed by atoms with Gasteiger partial charge < -0.3 is 34.9 Å². The van der Waals surface area contributed by atoms with E-state index >= 15 is 0 Å². The molecular formula is C44H49BClN7O6S. The summed E-state index contributed by atoms with van der Waals surface area (Å²) in [6.07, 6.45) is 17.1. The summed E-state index contributed by atoms with van der Waals surface area (Å²) in [6.45, 7) is 5.91. The maximum absolute atomic E-state index is 13.6. The number of hydrogen-bond donors (Lipinski definition) is 4. The Labute approximate surface area is 358 Å². The van der Waals surface area contributed by atoms with Crippen LogP contribution in [0.2, 0.25) is 5.02 Å². The molecule has 2 aromatic heterocycles. The summed E-state index contributed by atoms with van der Waals surface area (Å²) >= 11 is 7.60. The molecule has 0 spiro atoms. The lowest BCUT2D eigenvalue weighted by molar-refractivity contribution is -0.127. The highest BCUT2D eigenvalue weighted by Crippen LogP contribution is 2.40. The molecular weight excluding hydrogens is 801 g/mol. The molecule has 3 amide bonds. The second-order valence-electron chi connectivity index (χ2n) is 15.9. The van der Waals surface area contributed by atoms with E-state index in [2.05, 4.69) is 49.7 Å². The Hall–Kier alpha value is -5.09. The number of nitrogens with one attached hydrogen (secondary N) is 2. The van der Waals surface area contributed by atoms with Crippen molar-refractivity contribution >= 4 is 69.9 Å². The van der Waals surface area contributed by atoms with Crippen LogP contribution in [0.25, 0.3) is 11.6 Å². The third-order valence-electron chi connectivity index (χ3n) is 12.0. The van der Waals surface area contributed by atoms with Gasteiger partial charge in [0.2, 0.25) is 11.8 Å². The van der Waals surface area contributed by atoms with Gasteiger partial charge in [0.15, 0.2) is 12.4 Å². The van der Waals surface area contributed by atoms with E-state index in [4.69, 9.17) is 21.3 Å². The molecule has 312 valence electrons. The van der Waals surface area contributed by atoms with Crippen molar-refractivity contribution in [2.24, 2.45) is 16.8 Å². The van der Waals surface area contributed by atoms with Crippen molar-refractivity contribution < 1.29 is 29.2 Å². The van der Waals surface area contributed by atoms with Crippen molar-refractivity contribution in [3.8, 4) is 0 Å². The number of benzene rings is 1. The number of rotatable bonds is 12. The highest BCUT2D eigenvalue weighted by atomic mass is 35.5. The molecule has 5 aliphatic rings. The number of amides is 3. The standard InChI is InChI=1S/C44H49BClN7O6S/c1-3-47-40(54)23-36-43-51-50-26(2)53(43)37-15-14-32(21-35(37)42(49-36)29-10-12-31(46)13-11-29)59-25-41(55)48-24-27-6-4-7-30(20-27)28-16-18-52(19-17-28)44(56)33-8-5-9-38-34(33)22-39(60-38)45(57)58/h4,6-7,9-14,21-22,28,30,36-37,57-58H,3,5,8,15-20,23-25H2,1-2H3,(H,47,54)(H,48,55). The molecule has 1 saturated heterocycles. The monoisotopic (exact) mass is 849 g/mol. The lowest BCUT2D eigenvalue weighted by Crippen LogP contribution is -2.43. The molecule has 3 atom stereocenters. The van der Waals surface area contributed by atoms with Crippen LogP contribution in [0.4, 0.5) is 0 Å². The topological polar surface area (TPSA) is 171 Å². The lowest BCUT2D eigenvalue weighted by atomic mass is 9.78. The lowest BCUT2D eigenvalue weighted by Gasteiger charge is -2.36. The van der Waals surface area contributed by atoms with Crippen molar-refractivity contribution in [1.29, 1.82) is 0 Å². The fraction of sp³-hybridized carbons (Fsp3) is 0.409. The summed E-state index contributed by atoms with van der Waals surface area (Å²) in [5.41, 5.74) is 4.33. The van der Waals surface area contributed by atoms with Crippen LogP contribution in [0.1, 0.15) is 81.2 Å². The van der Waals surface area contributed by atoms with Gasteiger partial charge in [-0.1, -0.05) is 53.6 Å². The van der Waals surface area contributed by atoms with Crippen LogP contribution in [-0.2, 0) is 19.1 Å². The van der Waals surface area contributed by atoms with Crippen molar-refractivity contribution in [1.82, 2.24) is 30.3 Å². The first-order valence-electron chi connectivity index (χ1n) is 20.7. The minimum atomic E-state index is -1.54. The van der Waals surface area contributed by atoms with Gasteiger partial charge in [0.25, 0.3) is 5.91 Å². The number of fused-ring (bicyclic) bond motifs is 4. The van der Waals surface area contributed by atoms with E-state index in [0.29, 0.717) is 83.8 Å². The third-order valence-corrected chi connectivity index (χ3v) is 13.4. The number of nitrogens with zero attached hydrogens (tertiary/aromatic N) is 5. The fourth-order valence-electron chi connectivity index (χ4n) is 8.96. The van der Waals surface area contributed by atoms with Crippen molar-refractivity contribution in [2.45, 2.75) is 70.9 Å². The van der Waals surface area contributed by atoms with Gasteiger partial charge >= 0.3 is 7.12 Å². The van der Waals surface area contributed by atoms with Gasteiger partial charge in [0.1, 0.15) is 17.6 Å². The molecule has 2 aliphatic heterocycles.